The summed E-state index contributed by atoms with van der Waals surface area (Å²) in [5.74, 6) is 0.401. The summed E-state index contributed by atoms with van der Waals surface area (Å²) in [5, 5.41) is 8.45. The number of thioether (sulfide) groups is 1. The summed E-state index contributed by atoms with van der Waals surface area (Å²) in [5.41, 5.74) is 6.55. The molecule has 70 valence electrons. The minimum atomic E-state index is -0.930. The van der Waals surface area contributed by atoms with Crippen molar-refractivity contribution in [3.63, 3.8) is 0 Å². The van der Waals surface area contributed by atoms with Crippen molar-refractivity contribution in [1.29, 1.82) is 0 Å². The Morgan fingerprint density at radius 2 is 2.33 bits per heavy atom. The van der Waals surface area contributed by atoms with Gasteiger partial charge in [-0.2, -0.15) is 11.8 Å². The number of hydrogen-bond donors (Lipinski definition) is 2. The molecule has 0 amide bonds. The first kappa shape index (κ1) is 11.5. The van der Waals surface area contributed by atoms with Gasteiger partial charge in [0.05, 0.1) is 0 Å². The van der Waals surface area contributed by atoms with E-state index in [0.29, 0.717) is 5.75 Å². The Bertz CT molecular complexity index is 180. The minimum Gasteiger partial charge on any atom is -0.480 e. The SMILES string of the molecule is CC=C(C)CSCC(N)C(=O)O. The van der Waals surface area contributed by atoms with Gasteiger partial charge in [0.25, 0.3) is 0 Å². The van der Waals surface area contributed by atoms with E-state index in [0.717, 1.165) is 5.75 Å². The molecule has 0 aliphatic heterocycles. The van der Waals surface area contributed by atoms with Gasteiger partial charge in [-0.05, 0) is 13.8 Å². The molecule has 1 unspecified atom stereocenters. The Balaban J connectivity index is 3.50. The van der Waals surface area contributed by atoms with Crippen LogP contribution >= 0.6 is 11.8 Å². The molecule has 0 aliphatic rings. The quantitative estimate of drug-likeness (QED) is 0.636. The van der Waals surface area contributed by atoms with Gasteiger partial charge in [0.2, 0.25) is 0 Å². The molecule has 0 saturated heterocycles. The molecule has 0 aromatic heterocycles. The van der Waals surface area contributed by atoms with Crippen LogP contribution in [0.1, 0.15) is 13.8 Å². The van der Waals surface area contributed by atoms with Crippen LogP contribution in [0.15, 0.2) is 11.6 Å². The first-order valence-electron chi connectivity index (χ1n) is 3.75. The molecular formula is C8H15NO2S. The molecule has 0 fully saturated rings. The van der Waals surface area contributed by atoms with Gasteiger partial charge in [-0.1, -0.05) is 11.6 Å². The molecule has 12 heavy (non-hydrogen) atoms. The number of nitrogens with two attached hydrogens (primary N) is 1. The summed E-state index contributed by atoms with van der Waals surface area (Å²) >= 11 is 1.55. The van der Waals surface area contributed by atoms with Gasteiger partial charge in [0.15, 0.2) is 0 Å². The molecular weight excluding hydrogens is 174 g/mol. The number of hydrogen-bond acceptors (Lipinski definition) is 3. The summed E-state index contributed by atoms with van der Waals surface area (Å²) in [7, 11) is 0. The molecule has 0 heterocycles. The molecule has 0 aromatic carbocycles. The van der Waals surface area contributed by atoms with Crippen LogP contribution in [0.25, 0.3) is 0 Å². The van der Waals surface area contributed by atoms with Gasteiger partial charge in [0.1, 0.15) is 6.04 Å². The Morgan fingerprint density at radius 3 is 2.75 bits per heavy atom. The number of carboxylic acids is 1. The van der Waals surface area contributed by atoms with E-state index >= 15 is 0 Å². The lowest BCUT2D eigenvalue weighted by Crippen LogP contribution is -2.32. The second-order valence-corrected chi connectivity index (χ2v) is 3.63. The number of rotatable bonds is 5. The fourth-order valence-electron chi connectivity index (χ4n) is 0.502. The van der Waals surface area contributed by atoms with Crippen molar-refractivity contribution in [3.8, 4) is 0 Å². The van der Waals surface area contributed by atoms with Gasteiger partial charge in [-0.3, -0.25) is 4.79 Å². The average Bonchev–Trinajstić information content (AvgIpc) is 2.03. The lowest BCUT2D eigenvalue weighted by Gasteiger charge is -2.05. The fourth-order valence-corrected chi connectivity index (χ4v) is 1.50. The highest BCUT2D eigenvalue weighted by molar-refractivity contribution is 7.99. The maximum Gasteiger partial charge on any atom is 0.321 e. The van der Waals surface area contributed by atoms with Crippen molar-refractivity contribution in [3.05, 3.63) is 11.6 Å². The normalized spacial score (nSPS) is 14.4. The third-order valence-corrected chi connectivity index (χ3v) is 2.69. The molecule has 0 spiro atoms. The van der Waals surface area contributed by atoms with E-state index in [1.54, 1.807) is 11.8 Å². The largest absolute Gasteiger partial charge is 0.480 e. The van der Waals surface area contributed by atoms with Gasteiger partial charge >= 0.3 is 5.97 Å². The predicted octanol–water partition coefficient (Wildman–Crippen LogP) is 1.10. The first-order valence-corrected chi connectivity index (χ1v) is 4.91. The van der Waals surface area contributed by atoms with Crippen LogP contribution in [0.5, 0.6) is 0 Å². The Kier molecular flexibility index (Phi) is 5.84. The van der Waals surface area contributed by atoms with Crippen molar-refractivity contribution in [2.24, 2.45) is 5.73 Å². The van der Waals surface area contributed by atoms with Crippen LogP contribution in [0.4, 0.5) is 0 Å². The average molecular weight is 189 g/mol. The molecule has 0 saturated carbocycles. The predicted molar refractivity (Wildman–Crippen MR) is 52.4 cm³/mol. The van der Waals surface area contributed by atoms with Crippen molar-refractivity contribution in [2.75, 3.05) is 11.5 Å². The van der Waals surface area contributed by atoms with Gasteiger partial charge in [-0.25, -0.2) is 0 Å². The van der Waals surface area contributed by atoms with E-state index in [4.69, 9.17) is 10.8 Å². The van der Waals surface area contributed by atoms with Gasteiger partial charge in [-0.15, -0.1) is 0 Å². The topological polar surface area (TPSA) is 63.3 Å². The van der Waals surface area contributed by atoms with Crippen molar-refractivity contribution in [1.82, 2.24) is 0 Å². The van der Waals surface area contributed by atoms with Crippen LogP contribution < -0.4 is 5.73 Å². The third-order valence-electron chi connectivity index (χ3n) is 1.44. The molecule has 0 bridgehead atoms. The molecule has 0 aliphatic carbocycles. The second-order valence-electron chi connectivity index (χ2n) is 2.59. The van der Waals surface area contributed by atoms with Crippen molar-refractivity contribution in [2.45, 2.75) is 19.9 Å². The molecule has 3 N–H and O–H groups in total. The van der Waals surface area contributed by atoms with Crippen LogP contribution in [-0.2, 0) is 4.79 Å². The van der Waals surface area contributed by atoms with E-state index in [9.17, 15) is 4.79 Å². The Labute approximate surface area is 77.0 Å². The van der Waals surface area contributed by atoms with Gasteiger partial charge < -0.3 is 10.8 Å². The third kappa shape index (κ3) is 5.21. The van der Waals surface area contributed by atoms with Crippen molar-refractivity contribution < 1.29 is 9.90 Å². The first-order chi connectivity index (χ1) is 5.57. The standard InChI is InChI=1S/C8H15NO2S/c1-3-6(2)4-12-5-7(9)8(10)11/h3,7H,4-5,9H2,1-2H3,(H,10,11). The fraction of sp³-hybridized carbons (Fsp3) is 0.625. The highest BCUT2D eigenvalue weighted by Crippen LogP contribution is 2.07. The Morgan fingerprint density at radius 1 is 1.75 bits per heavy atom. The zero-order valence-electron chi connectivity index (χ0n) is 7.41. The zero-order chi connectivity index (χ0) is 9.56. The van der Waals surface area contributed by atoms with Crippen LogP contribution in [-0.4, -0.2) is 28.6 Å². The lowest BCUT2D eigenvalue weighted by molar-refractivity contribution is -0.137. The Hall–Kier alpha value is -0.480. The molecule has 3 nitrogen and oxygen atoms in total. The summed E-state index contributed by atoms with van der Waals surface area (Å²) in [6.07, 6.45) is 2.01. The number of carboxylic acid groups (broad SMARTS) is 1. The maximum absolute atomic E-state index is 10.3. The van der Waals surface area contributed by atoms with Crippen LogP contribution in [0, 0.1) is 0 Å². The molecule has 0 aromatic rings. The summed E-state index contributed by atoms with van der Waals surface area (Å²) in [6, 6.07) is -0.736. The number of aliphatic carboxylic acids is 1. The number of allylic oxidation sites excluding steroid dienone is 1. The van der Waals surface area contributed by atoms with Crippen LogP contribution in [0.2, 0.25) is 0 Å². The lowest BCUT2D eigenvalue weighted by atomic mass is 10.3. The molecule has 0 radical (unpaired) electrons. The maximum atomic E-state index is 10.3. The minimum absolute atomic E-state index is 0.473. The highest BCUT2D eigenvalue weighted by atomic mass is 32.2. The monoisotopic (exact) mass is 189 g/mol. The summed E-state index contributed by atoms with van der Waals surface area (Å²) in [4.78, 5) is 10.3. The second kappa shape index (κ2) is 6.08. The molecule has 1 atom stereocenters. The van der Waals surface area contributed by atoms with Gasteiger partial charge in [0, 0.05) is 11.5 Å². The van der Waals surface area contributed by atoms with E-state index in [1.165, 1.54) is 5.57 Å². The highest BCUT2D eigenvalue weighted by Gasteiger charge is 2.10. The zero-order valence-corrected chi connectivity index (χ0v) is 8.23. The van der Waals surface area contributed by atoms with E-state index in [2.05, 4.69) is 0 Å². The van der Waals surface area contributed by atoms with Crippen molar-refractivity contribution >= 4 is 17.7 Å². The summed E-state index contributed by atoms with van der Waals surface area (Å²) < 4.78 is 0. The smallest absolute Gasteiger partial charge is 0.321 e. The van der Waals surface area contributed by atoms with Crippen LogP contribution in [0.3, 0.4) is 0 Å². The molecule has 4 heteroatoms. The summed E-state index contributed by atoms with van der Waals surface area (Å²) in [6.45, 7) is 3.98. The number of carbonyl (C=O) groups is 1. The van der Waals surface area contributed by atoms with E-state index < -0.39 is 12.0 Å². The molecule has 0 rings (SSSR count). The van der Waals surface area contributed by atoms with E-state index in [1.807, 2.05) is 19.9 Å². The van der Waals surface area contributed by atoms with E-state index in [-0.39, 0.29) is 0 Å².